The number of carbonyl (C=O) groups excluding carboxylic acids is 2. The molecule has 4 N–H and O–H groups in total. The summed E-state index contributed by atoms with van der Waals surface area (Å²) < 4.78 is 40.6. The smallest absolute Gasteiger partial charge is 0.367 e. The maximum atomic E-state index is 13.5. The van der Waals surface area contributed by atoms with Crippen molar-refractivity contribution in [3.05, 3.63) is 46.2 Å². The summed E-state index contributed by atoms with van der Waals surface area (Å²) in [5.41, 5.74) is 7.80. The lowest BCUT2D eigenvalue weighted by atomic mass is 9.85. The molecule has 1 aliphatic heterocycles. The Morgan fingerprint density at radius 2 is 1.90 bits per heavy atom. The quantitative estimate of drug-likeness (QED) is 0.758. The van der Waals surface area contributed by atoms with Gasteiger partial charge in [-0.1, -0.05) is 6.92 Å². The van der Waals surface area contributed by atoms with Crippen molar-refractivity contribution in [1.82, 2.24) is 14.9 Å². The second-order valence-electron chi connectivity index (χ2n) is 7.99. The maximum absolute atomic E-state index is 13.5. The van der Waals surface area contributed by atoms with E-state index in [0.29, 0.717) is 10.6 Å². The van der Waals surface area contributed by atoms with E-state index in [-0.39, 0.29) is 18.0 Å². The first kappa shape index (κ1) is 22.0. The minimum absolute atomic E-state index is 0.143. The number of primary amides is 2. The van der Waals surface area contributed by atoms with E-state index in [2.05, 4.69) is 9.97 Å². The summed E-state index contributed by atoms with van der Waals surface area (Å²) in [6.07, 6.45) is -1.64. The number of likely N-dealkylation sites (tertiary alicyclic amines) is 1. The molecule has 1 fully saturated rings. The number of nitrogens with zero attached hydrogens (tertiary/aromatic N) is 3. The fraction of sp³-hybridized carbons (Fsp3) is 0.474. The van der Waals surface area contributed by atoms with Crippen molar-refractivity contribution in [3.8, 4) is 0 Å². The molecule has 3 amide bonds. The van der Waals surface area contributed by atoms with E-state index in [4.69, 9.17) is 11.5 Å². The number of urea groups is 1. The predicted octanol–water partition coefficient (Wildman–Crippen LogP) is 3.22. The molecule has 0 saturated carbocycles. The van der Waals surface area contributed by atoms with E-state index in [9.17, 15) is 22.8 Å². The SMILES string of the molecule is CC1CC(C(N)=O)(c2nccs2)N(C(N)=O)C1c1ccnc(C(C)(C)C(F)(F)F)c1. The topological polar surface area (TPSA) is 115 Å². The Bertz CT molecular complexity index is 963. The number of rotatable bonds is 4. The number of hydrogen-bond donors (Lipinski definition) is 2. The van der Waals surface area contributed by atoms with Gasteiger partial charge in [0.2, 0.25) is 0 Å². The van der Waals surface area contributed by atoms with Crippen LogP contribution in [0.2, 0.25) is 0 Å². The summed E-state index contributed by atoms with van der Waals surface area (Å²) in [4.78, 5) is 34.3. The van der Waals surface area contributed by atoms with Crippen LogP contribution in [0.5, 0.6) is 0 Å². The Labute approximate surface area is 175 Å². The number of aromatic nitrogens is 2. The van der Waals surface area contributed by atoms with Gasteiger partial charge in [0.1, 0.15) is 10.4 Å². The average molecular weight is 441 g/mol. The van der Waals surface area contributed by atoms with Crippen LogP contribution in [0.4, 0.5) is 18.0 Å². The van der Waals surface area contributed by atoms with Crippen molar-refractivity contribution < 1.29 is 22.8 Å². The lowest BCUT2D eigenvalue weighted by Gasteiger charge is -2.36. The number of thiazole rings is 1. The monoisotopic (exact) mass is 441 g/mol. The van der Waals surface area contributed by atoms with Crippen molar-refractivity contribution >= 4 is 23.3 Å². The Morgan fingerprint density at radius 1 is 1.23 bits per heavy atom. The molecule has 0 spiro atoms. The molecule has 162 valence electrons. The third kappa shape index (κ3) is 3.21. The van der Waals surface area contributed by atoms with Crippen molar-refractivity contribution in [2.24, 2.45) is 17.4 Å². The molecule has 1 saturated heterocycles. The minimum Gasteiger partial charge on any atom is -0.367 e. The number of carbonyl (C=O) groups is 2. The fourth-order valence-electron chi connectivity index (χ4n) is 4.03. The molecule has 0 aromatic carbocycles. The molecule has 3 heterocycles. The summed E-state index contributed by atoms with van der Waals surface area (Å²) in [6.45, 7) is 3.85. The van der Waals surface area contributed by atoms with Crippen LogP contribution in [0.15, 0.2) is 29.9 Å². The molecule has 2 aromatic rings. The van der Waals surface area contributed by atoms with Gasteiger partial charge < -0.3 is 11.5 Å². The van der Waals surface area contributed by atoms with Gasteiger partial charge in [0, 0.05) is 17.8 Å². The lowest BCUT2D eigenvalue weighted by Crippen LogP contribution is -2.55. The molecule has 1 aliphatic rings. The summed E-state index contributed by atoms with van der Waals surface area (Å²) in [7, 11) is 0. The summed E-state index contributed by atoms with van der Waals surface area (Å²) in [6, 6.07) is 1.15. The zero-order chi connectivity index (χ0) is 22.5. The zero-order valence-corrected chi connectivity index (χ0v) is 17.4. The lowest BCUT2D eigenvalue weighted by molar-refractivity contribution is -0.181. The molecule has 3 rings (SSSR count). The van der Waals surface area contributed by atoms with Crippen LogP contribution >= 0.6 is 11.3 Å². The summed E-state index contributed by atoms with van der Waals surface area (Å²) in [5.74, 6) is -1.13. The molecule has 11 heteroatoms. The molecular formula is C19H22F3N5O2S. The third-order valence-electron chi connectivity index (χ3n) is 5.75. The highest BCUT2D eigenvalue weighted by molar-refractivity contribution is 7.09. The molecule has 0 bridgehead atoms. The van der Waals surface area contributed by atoms with Gasteiger partial charge in [-0.2, -0.15) is 13.2 Å². The normalized spacial score (nSPS) is 24.8. The zero-order valence-electron chi connectivity index (χ0n) is 16.6. The highest BCUT2D eigenvalue weighted by atomic mass is 32.1. The Balaban J connectivity index is 2.16. The second-order valence-corrected chi connectivity index (χ2v) is 8.89. The first-order valence-corrected chi connectivity index (χ1v) is 10.0. The van der Waals surface area contributed by atoms with Crippen LogP contribution in [0.1, 0.15) is 49.5 Å². The van der Waals surface area contributed by atoms with E-state index in [1.165, 1.54) is 24.5 Å². The van der Waals surface area contributed by atoms with Gasteiger partial charge in [0.25, 0.3) is 5.91 Å². The van der Waals surface area contributed by atoms with Crippen molar-refractivity contribution in [2.75, 3.05) is 0 Å². The molecule has 3 atom stereocenters. The van der Waals surface area contributed by atoms with E-state index in [0.717, 1.165) is 30.1 Å². The number of nitrogens with two attached hydrogens (primary N) is 2. The van der Waals surface area contributed by atoms with Crippen molar-refractivity contribution in [3.63, 3.8) is 0 Å². The van der Waals surface area contributed by atoms with Crippen molar-refractivity contribution in [2.45, 2.75) is 50.4 Å². The minimum atomic E-state index is -4.53. The van der Waals surface area contributed by atoms with Gasteiger partial charge in [-0.25, -0.2) is 9.78 Å². The highest BCUT2D eigenvalue weighted by Gasteiger charge is 2.59. The van der Waals surface area contributed by atoms with Crippen LogP contribution in [0.3, 0.4) is 0 Å². The van der Waals surface area contributed by atoms with Gasteiger partial charge in [-0.15, -0.1) is 11.3 Å². The van der Waals surface area contributed by atoms with Crippen molar-refractivity contribution in [1.29, 1.82) is 0 Å². The van der Waals surface area contributed by atoms with Gasteiger partial charge in [-0.3, -0.25) is 14.7 Å². The molecule has 7 nitrogen and oxygen atoms in total. The Hall–Kier alpha value is -2.69. The van der Waals surface area contributed by atoms with Crippen LogP contribution in [-0.4, -0.2) is 33.0 Å². The first-order valence-electron chi connectivity index (χ1n) is 9.16. The molecular weight excluding hydrogens is 419 g/mol. The number of halogens is 3. The summed E-state index contributed by atoms with van der Waals surface area (Å²) in [5, 5.41) is 1.96. The van der Waals surface area contributed by atoms with E-state index in [1.54, 1.807) is 12.3 Å². The van der Waals surface area contributed by atoms with Crippen LogP contribution in [0, 0.1) is 5.92 Å². The standard InChI is InChI=1S/C19H22F3N5O2S/c1-10-9-18(14(23)28,15-26-6-7-30-15)27(16(24)29)13(10)11-4-5-25-12(8-11)17(2,3)19(20,21)22/h4-8,10,13H,9H2,1-3H3,(H2,23,28)(H2,24,29). The van der Waals surface area contributed by atoms with Gasteiger partial charge >= 0.3 is 12.2 Å². The molecule has 3 unspecified atom stereocenters. The second kappa shape index (κ2) is 7.22. The maximum Gasteiger partial charge on any atom is 0.399 e. The van der Waals surface area contributed by atoms with Crippen LogP contribution in [0.25, 0.3) is 0 Å². The largest absolute Gasteiger partial charge is 0.399 e. The van der Waals surface area contributed by atoms with E-state index >= 15 is 0 Å². The van der Waals surface area contributed by atoms with Crippen LogP contribution in [-0.2, 0) is 15.7 Å². The van der Waals surface area contributed by atoms with Gasteiger partial charge in [0.05, 0.1) is 11.7 Å². The Kier molecular flexibility index (Phi) is 5.30. The predicted molar refractivity (Wildman–Crippen MR) is 104 cm³/mol. The third-order valence-corrected chi connectivity index (χ3v) is 6.68. The molecule has 30 heavy (non-hydrogen) atoms. The molecule has 0 aliphatic carbocycles. The molecule has 2 aromatic heterocycles. The number of hydrogen-bond acceptors (Lipinski definition) is 5. The van der Waals surface area contributed by atoms with Gasteiger partial charge in [0.15, 0.2) is 5.54 Å². The summed E-state index contributed by atoms with van der Waals surface area (Å²) >= 11 is 1.16. The number of pyridine rings is 1. The highest BCUT2D eigenvalue weighted by Crippen LogP contribution is 2.52. The molecule has 0 radical (unpaired) electrons. The van der Waals surface area contributed by atoms with Crippen LogP contribution < -0.4 is 11.5 Å². The van der Waals surface area contributed by atoms with Gasteiger partial charge in [-0.05, 0) is 43.9 Å². The average Bonchev–Trinajstić information content (AvgIpc) is 3.27. The number of alkyl halides is 3. The Morgan fingerprint density at radius 3 is 2.40 bits per heavy atom. The first-order chi connectivity index (χ1) is 13.8. The number of amides is 3. The fourth-order valence-corrected chi connectivity index (χ4v) is 4.88. The van der Waals surface area contributed by atoms with E-state index < -0.39 is 35.1 Å². The van der Waals surface area contributed by atoms with E-state index in [1.807, 2.05) is 0 Å².